The smallest absolute Gasteiger partial charge is 0.303 e. The summed E-state index contributed by atoms with van der Waals surface area (Å²) < 4.78 is 40.1. The van der Waals surface area contributed by atoms with Crippen LogP contribution in [0.2, 0.25) is 0 Å². The molecule has 1 N–H and O–H groups in total. The van der Waals surface area contributed by atoms with Crippen LogP contribution in [0.4, 0.5) is 0 Å². The molecule has 1 amide bonds. The van der Waals surface area contributed by atoms with Crippen molar-refractivity contribution in [2.24, 2.45) is 0 Å². The van der Waals surface area contributed by atoms with Gasteiger partial charge < -0.3 is 38.5 Å². The predicted octanol–water partition coefficient (Wildman–Crippen LogP) is 3.11. The van der Waals surface area contributed by atoms with E-state index in [9.17, 15) is 24.0 Å². The Morgan fingerprint density at radius 3 is 2.13 bits per heavy atom. The molecule has 5 atom stereocenters. The largest absolute Gasteiger partial charge is 0.492 e. The normalized spacial score (nSPS) is 21.8. The molecule has 0 unspecified atom stereocenters. The van der Waals surface area contributed by atoms with Crippen molar-refractivity contribution in [3.8, 4) is 28.4 Å². The molecule has 4 rings (SSSR count). The summed E-state index contributed by atoms with van der Waals surface area (Å²) in [6.45, 7) is 4.71. The second-order valence-electron chi connectivity index (χ2n) is 10.7. The van der Waals surface area contributed by atoms with Crippen LogP contribution < -0.4 is 25.0 Å². The van der Waals surface area contributed by atoms with Gasteiger partial charge in [0, 0.05) is 33.3 Å². The number of hydrogen-bond donors (Lipinski definition) is 1. The summed E-state index contributed by atoms with van der Waals surface area (Å²) in [5.74, 6) is -1.70. The van der Waals surface area contributed by atoms with Crippen molar-refractivity contribution >= 4 is 35.6 Å². The number of fused-ring (bicyclic) bond motifs is 3. The molecule has 0 saturated carbocycles. The average Bonchev–Trinajstić information content (AvgIpc) is 3.22. The molecule has 14 heteroatoms. The van der Waals surface area contributed by atoms with Crippen LogP contribution in [-0.4, -0.2) is 75.5 Å². The maximum atomic E-state index is 13.1. The van der Waals surface area contributed by atoms with Gasteiger partial charge in [-0.1, -0.05) is 6.07 Å². The first-order valence-electron chi connectivity index (χ1n) is 14.5. The van der Waals surface area contributed by atoms with Crippen LogP contribution in [0.5, 0.6) is 17.2 Å². The summed E-state index contributed by atoms with van der Waals surface area (Å²) in [4.78, 5) is 61.8. The summed E-state index contributed by atoms with van der Waals surface area (Å²) >= 11 is 1.32. The number of carbonyl (C=O) groups is 4. The topological polar surface area (TPSA) is 162 Å². The van der Waals surface area contributed by atoms with Crippen LogP contribution in [0.25, 0.3) is 11.1 Å². The van der Waals surface area contributed by atoms with Crippen LogP contribution >= 0.6 is 11.8 Å². The van der Waals surface area contributed by atoms with Crippen molar-refractivity contribution in [1.82, 2.24) is 5.32 Å². The highest BCUT2D eigenvalue weighted by Gasteiger charge is 2.48. The fourth-order valence-electron chi connectivity index (χ4n) is 5.73. The van der Waals surface area contributed by atoms with Crippen LogP contribution in [0.15, 0.2) is 34.0 Å². The lowest BCUT2D eigenvalue weighted by Gasteiger charge is -2.40. The summed E-state index contributed by atoms with van der Waals surface area (Å²) in [6, 6.07) is 6.35. The van der Waals surface area contributed by atoms with Gasteiger partial charge in [-0.05, 0) is 54.0 Å². The molecule has 0 spiro atoms. The maximum Gasteiger partial charge on any atom is 0.303 e. The molecule has 46 heavy (non-hydrogen) atoms. The summed E-state index contributed by atoms with van der Waals surface area (Å²) in [6.07, 6.45) is -2.29. The van der Waals surface area contributed by atoms with Crippen molar-refractivity contribution in [3.63, 3.8) is 0 Å². The number of carbonyl (C=O) groups excluding carboxylic acids is 4. The van der Waals surface area contributed by atoms with Crippen molar-refractivity contribution in [2.45, 2.75) is 76.1 Å². The van der Waals surface area contributed by atoms with Crippen LogP contribution in [-0.2, 0) is 44.5 Å². The molecule has 0 bridgehead atoms. The average molecular weight is 660 g/mol. The van der Waals surface area contributed by atoms with E-state index in [4.69, 9.17) is 33.2 Å². The van der Waals surface area contributed by atoms with Crippen molar-refractivity contribution in [2.75, 3.05) is 27.1 Å². The van der Waals surface area contributed by atoms with Gasteiger partial charge in [-0.3, -0.25) is 24.0 Å². The third kappa shape index (κ3) is 7.56. The Hall–Kier alpha value is -4.30. The van der Waals surface area contributed by atoms with Crippen LogP contribution in [0.1, 0.15) is 51.3 Å². The molecule has 13 nitrogen and oxygen atoms in total. The fraction of sp³-hybridized carbons (Fsp3) is 0.469. The van der Waals surface area contributed by atoms with Crippen molar-refractivity contribution in [3.05, 3.63) is 45.6 Å². The Balaban J connectivity index is 1.87. The Morgan fingerprint density at radius 1 is 0.891 bits per heavy atom. The van der Waals surface area contributed by atoms with Gasteiger partial charge in [-0.15, -0.1) is 11.8 Å². The van der Waals surface area contributed by atoms with Gasteiger partial charge in [-0.25, -0.2) is 0 Å². The van der Waals surface area contributed by atoms with E-state index >= 15 is 0 Å². The number of benzene rings is 1. The first kappa shape index (κ1) is 34.6. The summed E-state index contributed by atoms with van der Waals surface area (Å²) in [5.41, 5.74) is 2.50. The van der Waals surface area contributed by atoms with Crippen LogP contribution in [0, 0.1) is 0 Å². The Kier molecular flexibility index (Phi) is 11.2. The van der Waals surface area contributed by atoms with Gasteiger partial charge >= 0.3 is 17.9 Å². The molecule has 2 aromatic carbocycles. The molecule has 2 aliphatic rings. The van der Waals surface area contributed by atoms with Crippen LogP contribution in [0.3, 0.4) is 0 Å². The fourth-order valence-corrected chi connectivity index (χ4v) is 6.20. The number of ether oxygens (including phenoxy) is 7. The van der Waals surface area contributed by atoms with E-state index in [0.717, 1.165) is 5.56 Å². The molecule has 2 aromatic rings. The van der Waals surface area contributed by atoms with Gasteiger partial charge in [0.25, 0.3) is 0 Å². The minimum absolute atomic E-state index is 0.155. The molecule has 1 saturated heterocycles. The zero-order valence-corrected chi connectivity index (χ0v) is 27.4. The van der Waals surface area contributed by atoms with E-state index in [1.165, 1.54) is 53.7 Å². The first-order chi connectivity index (χ1) is 21.9. The third-order valence-electron chi connectivity index (χ3n) is 7.43. The number of aryl methyl sites for hydroxylation is 1. The SMILES string of the molecule is COc1c(O[C@H]2OC[C@@H](OC(C)=O)[C@@H](OC(C)=O)[C@@H]2OC(C)=O)cc2c(c1OC)-c1ccc(SC)c(=O)cc1[C@@H](NC(C)=O)CC2. The molecular formula is C32H37NO12S. The highest BCUT2D eigenvalue weighted by molar-refractivity contribution is 7.98. The van der Waals surface area contributed by atoms with E-state index < -0.39 is 48.6 Å². The number of amides is 1. The van der Waals surface area contributed by atoms with E-state index in [2.05, 4.69) is 5.32 Å². The zero-order chi connectivity index (χ0) is 33.7. The molecule has 1 aliphatic carbocycles. The molecule has 1 fully saturated rings. The minimum Gasteiger partial charge on any atom is -0.492 e. The monoisotopic (exact) mass is 659 g/mol. The Bertz CT molecular complexity index is 1580. The number of methoxy groups -OCH3 is 2. The predicted molar refractivity (Wildman–Crippen MR) is 165 cm³/mol. The zero-order valence-electron chi connectivity index (χ0n) is 26.6. The Labute approximate surface area is 270 Å². The molecule has 1 heterocycles. The second-order valence-corrected chi connectivity index (χ2v) is 11.5. The second kappa shape index (κ2) is 14.9. The number of thioether (sulfide) groups is 1. The van der Waals surface area contributed by atoms with Gasteiger partial charge in [-0.2, -0.15) is 0 Å². The van der Waals surface area contributed by atoms with E-state index in [0.29, 0.717) is 40.2 Å². The summed E-state index contributed by atoms with van der Waals surface area (Å²) in [5, 5.41) is 2.97. The lowest BCUT2D eigenvalue weighted by atomic mass is 9.95. The summed E-state index contributed by atoms with van der Waals surface area (Å²) in [7, 11) is 2.89. The van der Waals surface area contributed by atoms with Crippen molar-refractivity contribution < 1.29 is 52.3 Å². The van der Waals surface area contributed by atoms with Gasteiger partial charge in [0.1, 0.15) is 0 Å². The number of rotatable bonds is 9. The Morgan fingerprint density at radius 2 is 1.54 bits per heavy atom. The first-order valence-corrected chi connectivity index (χ1v) is 15.7. The minimum atomic E-state index is -1.33. The standard InChI is InChI=1S/C32H37NO12S/c1-15(34)33-22-10-8-19-12-24(28(39-5)30(40-6)27(19)20-9-11-26(46-7)23(38)13-21(20)22)45-32-31(44-18(4)37)29(43-17(3)36)25(14-41-32)42-16(2)35/h9,11-13,22,25,29,31-32H,8,10,14H2,1-7H3,(H,33,34)/t22-,25+,29+,31-,32+/m0/s1. The highest BCUT2D eigenvalue weighted by Crippen LogP contribution is 2.51. The van der Waals surface area contributed by atoms with Crippen molar-refractivity contribution in [1.29, 1.82) is 0 Å². The third-order valence-corrected chi connectivity index (χ3v) is 8.20. The molecule has 0 radical (unpaired) electrons. The number of nitrogens with one attached hydrogen (secondary N) is 1. The molecular weight excluding hydrogens is 622 g/mol. The van der Waals surface area contributed by atoms with E-state index in [1.807, 2.05) is 12.3 Å². The van der Waals surface area contributed by atoms with Gasteiger partial charge in [0.15, 0.2) is 29.1 Å². The number of hydrogen-bond acceptors (Lipinski definition) is 13. The lowest BCUT2D eigenvalue weighted by Crippen LogP contribution is -2.59. The molecule has 1 aliphatic heterocycles. The maximum absolute atomic E-state index is 13.1. The highest BCUT2D eigenvalue weighted by atomic mass is 32.2. The van der Waals surface area contributed by atoms with E-state index in [-0.39, 0.29) is 29.4 Å². The molecule has 248 valence electrons. The molecule has 0 aromatic heterocycles. The lowest BCUT2D eigenvalue weighted by molar-refractivity contribution is -0.260. The quantitative estimate of drug-likeness (QED) is 0.238. The van der Waals surface area contributed by atoms with Gasteiger partial charge in [0.2, 0.25) is 24.1 Å². The van der Waals surface area contributed by atoms with Gasteiger partial charge in [0.05, 0.1) is 31.8 Å². The number of esters is 3. The van der Waals surface area contributed by atoms with E-state index in [1.54, 1.807) is 18.2 Å².